The second-order valence-electron chi connectivity index (χ2n) is 3.34. The Kier molecular flexibility index (Phi) is 7.40. The Hall–Kier alpha value is 0.679. The van der Waals surface area contributed by atoms with Crippen LogP contribution in [-0.4, -0.2) is 70.7 Å². The number of nitrogens with zero attached hydrogens (tertiary/aromatic N) is 3. The third-order valence-corrected chi connectivity index (χ3v) is 11.0. The van der Waals surface area contributed by atoms with E-state index < -0.39 is 20.6 Å². The number of hydrogen-bond donors (Lipinski definition) is 0. The Balaban J connectivity index is 4.34. The van der Waals surface area contributed by atoms with Crippen molar-refractivity contribution >= 4 is 20.6 Å². The predicted molar refractivity (Wildman–Crippen MR) is 60.7 cm³/mol. The summed E-state index contributed by atoms with van der Waals surface area (Å²) >= 11 is -1.62. The molecule has 0 aliphatic heterocycles. The minimum atomic E-state index is -1.62. The second kappa shape index (κ2) is 7.03. The maximum atomic E-state index is 2.55. The van der Waals surface area contributed by atoms with Crippen molar-refractivity contribution in [3.8, 4) is 0 Å². The van der Waals surface area contributed by atoms with Crippen molar-refractivity contribution in [1.82, 2.24) is 9.36 Å². The van der Waals surface area contributed by atoms with Gasteiger partial charge >= 0.3 is 91.5 Å². The molecule has 0 aromatic rings. The van der Waals surface area contributed by atoms with Crippen LogP contribution in [0.4, 0.5) is 0 Å². The SMILES string of the molecule is CC[N](C)[Sn]([N](C)CC)[N](C)CC. The van der Waals surface area contributed by atoms with E-state index >= 15 is 0 Å². The van der Waals surface area contributed by atoms with Crippen molar-refractivity contribution in [2.75, 3.05) is 40.8 Å². The van der Waals surface area contributed by atoms with Gasteiger partial charge in [-0.2, -0.15) is 0 Å². The molecular formula is C9H24N3Sn. The fourth-order valence-electron chi connectivity index (χ4n) is 1.30. The van der Waals surface area contributed by atoms with Gasteiger partial charge in [0.2, 0.25) is 0 Å². The van der Waals surface area contributed by atoms with Gasteiger partial charge in [-0.15, -0.1) is 0 Å². The first kappa shape index (κ1) is 13.7. The van der Waals surface area contributed by atoms with Gasteiger partial charge in [0, 0.05) is 0 Å². The standard InChI is InChI=1S/3C3H8N.Sn/c3*1-3-4-2;/h3*3H2,1-2H3;/q3*-1;+3. The maximum absolute atomic E-state index is 2.55. The monoisotopic (exact) mass is 294 g/mol. The average Bonchev–Trinajstić information content (AvgIpc) is 2.16. The molecule has 1 radical (unpaired) electrons. The summed E-state index contributed by atoms with van der Waals surface area (Å²) in [7, 11) is 6.77. The van der Waals surface area contributed by atoms with Gasteiger partial charge in [0.05, 0.1) is 0 Å². The van der Waals surface area contributed by atoms with Crippen LogP contribution in [0.5, 0.6) is 0 Å². The molecule has 0 aromatic heterocycles. The fourth-order valence-corrected chi connectivity index (χ4v) is 8.71. The van der Waals surface area contributed by atoms with Crippen LogP contribution in [0.1, 0.15) is 20.8 Å². The van der Waals surface area contributed by atoms with Gasteiger partial charge in [0.1, 0.15) is 0 Å². The van der Waals surface area contributed by atoms with Crippen LogP contribution in [0.2, 0.25) is 0 Å². The second-order valence-corrected chi connectivity index (χ2v) is 11.6. The third kappa shape index (κ3) is 4.14. The van der Waals surface area contributed by atoms with Crippen LogP contribution in [0.15, 0.2) is 0 Å². The van der Waals surface area contributed by atoms with Gasteiger partial charge < -0.3 is 0 Å². The zero-order valence-electron chi connectivity index (χ0n) is 9.96. The molecule has 0 aromatic carbocycles. The summed E-state index contributed by atoms with van der Waals surface area (Å²) in [6.45, 7) is 10.2. The van der Waals surface area contributed by atoms with Gasteiger partial charge in [0.15, 0.2) is 0 Å². The first-order chi connectivity index (χ1) is 6.08. The van der Waals surface area contributed by atoms with Gasteiger partial charge in [-0.25, -0.2) is 0 Å². The fraction of sp³-hybridized carbons (Fsp3) is 1.00. The van der Waals surface area contributed by atoms with Crippen molar-refractivity contribution in [1.29, 1.82) is 0 Å². The molecule has 0 aliphatic rings. The molecule has 0 spiro atoms. The molecule has 0 saturated carbocycles. The minimum absolute atomic E-state index is 1.17. The summed E-state index contributed by atoms with van der Waals surface area (Å²) in [6, 6.07) is 0. The predicted octanol–water partition coefficient (Wildman–Crippen LogP) is 0.826. The number of rotatable bonds is 6. The van der Waals surface area contributed by atoms with E-state index in [1.807, 2.05) is 0 Å². The Morgan fingerprint density at radius 2 is 0.923 bits per heavy atom. The molecule has 3 nitrogen and oxygen atoms in total. The van der Waals surface area contributed by atoms with E-state index in [1.54, 1.807) is 0 Å². The third-order valence-electron chi connectivity index (χ3n) is 2.45. The van der Waals surface area contributed by atoms with Crippen LogP contribution in [-0.2, 0) is 0 Å². The molecule has 13 heavy (non-hydrogen) atoms. The van der Waals surface area contributed by atoms with Gasteiger partial charge in [0.25, 0.3) is 0 Å². The van der Waals surface area contributed by atoms with Crippen molar-refractivity contribution in [3.63, 3.8) is 0 Å². The Morgan fingerprint density at radius 3 is 1.08 bits per heavy atom. The van der Waals surface area contributed by atoms with E-state index in [1.165, 1.54) is 19.6 Å². The van der Waals surface area contributed by atoms with E-state index in [2.05, 4.69) is 51.3 Å². The average molecular weight is 293 g/mol. The molecule has 79 valence electrons. The van der Waals surface area contributed by atoms with Crippen molar-refractivity contribution in [2.45, 2.75) is 20.8 Å². The molecule has 0 unspecified atom stereocenters. The Labute approximate surface area is 91.5 Å². The van der Waals surface area contributed by atoms with Gasteiger partial charge in [-0.05, 0) is 0 Å². The summed E-state index contributed by atoms with van der Waals surface area (Å²) in [4.78, 5) is 0. The zero-order valence-corrected chi connectivity index (χ0v) is 12.8. The van der Waals surface area contributed by atoms with Gasteiger partial charge in [-0.1, -0.05) is 0 Å². The van der Waals surface area contributed by atoms with Crippen LogP contribution in [0.3, 0.4) is 0 Å². The molecule has 0 rings (SSSR count). The van der Waals surface area contributed by atoms with E-state index in [0.717, 1.165) is 0 Å². The molecule has 0 fully saturated rings. The van der Waals surface area contributed by atoms with E-state index in [4.69, 9.17) is 0 Å². The van der Waals surface area contributed by atoms with Crippen LogP contribution in [0.25, 0.3) is 0 Å². The number of hydrogen-bond acceptors (Lipinski definition) is 3. The topological polar surface area (TPSA) is 9.72 Å². The summed E-state index contributed by atoms with van der Waals surface area (Å²) < 4.78 is 7.65. The van der Waals surface area contributed by atoms with E-state index in [0.29, 0.717) is 0 Å². The molecule has 0 aliphatic carbocycles. The molecule has 0 amide bonds. The molecule has 0 atom stereocenters. The van der Waals surface area contributed by atoms with E-state index in [-0.39, 0.29) is 0 Å². The van der Waals surface area contributed by atoms with Crippen LogP contribution in [0, 0.1) is 0 Å². The molecule has 0 bridgehead atoms. The first-order valence-corrected chi connectivity index (χ1v) is 8.91. The van der Waals surface area contributed by atoms with Crippen LogP contribution >= 0.6 is 0 Å². The zero-order chi connectivity index (χ0) is 10.4. The van der Waals surface area contributed by atoms with Crippen molar-refractivity contribution < 1.29 is 0 Å². The molecule has 0 saturated heterocycles. The van der Waals surface area contributed by atoms with Crippen molar-refractivity contribution in [2.24, 2.45) is 0 Å². The molecule has 4 heteroatoms. The van der Waals surface area contributed by atoms with Crippen LogP contribution < -0.4 is 0 Å². The Bertz CT molecular complexity index is 108. The first-order valence-electron chi connectivity index (χ1n) is 5.08. The van der Waals surface area contributed by atoms with E-state index in [9.17, 15) is 0 Å². The quantitative estimate of drug-likeness (QED) is 0.672. The van der Waals surface area contributed by atoms with Crippen molar-refractivity contribution in [3.05, 3.63) is 0 Å². The summed E-state index contributed by atoms with van der Waals surface area (Å²) in [5, 5.41) is 0. The molecule has 0 heterocycles. The summed E-state index contributed by atoms with van der Waals surface area (Å²) in [5.41, 5.74) is 0. The van der Waals surface area contributed by atoms with Gasteiger partial charge in [-0.3, -0.25) is 0 Å². The molecule has 0 N–H and O–H groups in total. The normalized spacial score (nSPS) is 12.5. The summed E-state index contributed by atoms with van der Waals surface area (Å²) in [6.07, 6.45) is 0. The summed E-state index contributed by atoms with van der Waals surface area (Å²) in [5.74, 6) is 0. The Morgan fingerprint density at radius 1 is 0.692 bits per heavy atom. The molecular weight excluding hydrogens is 269 g/mol.